The predicted octanol–water partition coefficient (Wildman–Crippen LogP) is -0.272. The summed E-state index contributed by atoms with van der Waals surface area (Å²) in [5.41, 5.74) is -2.94. The molecule has 0 bridgehead atoms. The van der Waals surface area contributed by atoms with E-state index in [0.29, 0.717) is 0 Å². The number of carbonyl (C=O) groups is 2. The van der Waals surface area contributed by atoms with E-state index in [4.69, 9.17) is 9.84 Å². The lowest BCUT2D eigenvalue weighted by atomic mass is 9.86. The number of aromatic amines is 1. The van der Waals surface area contributed by atoms with Gasteiger partial charge in [0.2, 0.25) is 0 Å². The zero-order chi connectivity index (χ0) is 13.5. The molecule has 7 nitrogen and oxygen atoms in total. The number of pyridine rings is 1. The Morgan fingerprint density at radius 2 is 2.22 bits per heavy atom. The van der Waals surface area contributed by atoms with E-state index in [1.54, 1.807) is 0 Å². The van der Waals surface area contributed by atoms with Crippen LogP contribution in [0.25, 0.3) is 0 Å². The lowest BCUT2D eigenvalue weighted by Gasteiger charge is -2.31. The number of carbonyl (C=O) groups excluding carboxylic acids is 1. The summed E-state index contributed by atoms with van der Waals surface area (Å²) in [4.78, 5) is 36.3. The van der Waals surface area contributed by atoms with E-state index in [1.807, 2.05) is 0 Å². The Labute approximate surface area is 101 Å². The van der Waals surface area contributed by atoms with Gasteiger partial charge in [-0.05, 0) is 12.5 Å². The number of esters is 1. The first kappa shape index (κ1) is 12.3. The molecule has 0 radical (unpaired) electrons. The summed E-state index contributed by atoms with van der Waals surface area (Å²) in [6.07, 6.45) is -0.0126. The van der Waals surface area contributed by atoms with Crippen LogP contribution < -0.4 is 5.56 Å². The first-order valence-electron chi connectivity index (χ1n) is 5.29. The Balaban J connectivity index is 2.74. The number of aromatic nitrogens is 1. The molecular weight excluding hydrogens is 242 g/mol. The van der Waals surface area contributed by atoms with Crippen LogP contribution in [0.4, 0.5) is 0 Å². The SMILES string of the molecule is CC[C@@]1(O)C(=O)OCc2c1cc(C(=O)O)[nH]c2=O. The van der Waals surface area contributed by atoms with Gasteiger partial charge in [-0.3, -0.25) is 4.79 Å². The monoisotopic (exact) mass is 253 g/mol. The van der Waals surface area contributed by atoms with E-state index in [1.165, 1.54) is 6.92 Å². The van der Waals surface area contributed by atoms with Crippen molar-refractivity contribution < 1.29 is 24.5 Å². The molecule has 0 amide bonds. The number of cyclic esters (lactones) is 1. The minimum absolute atomic E-state index is 0.00222. The van der Waals surface area contributed by atoms with Gasteiger partial charge in [-0.25, -0.2) is 9.59 Å². The van der Waals surface area contributed by atoms with Crippen LogP contribution in [0, 0.1) is 0 Å². The third kappa shape index (κ3) is 1.60. The average Bonchev–Trinajstić information content (AvgIpc) is 2.33. The summed E-state index contributed by atoms with van der Waals surface area (Å²) in [5.74, 6) is -2.22. The number of hydrogen-bond donors (Lipinski definition) is 3. The zero-order valence-corrected chi connectivity index (χ0v) is 9.52. The average molecular weight is 253 g/mol. The van der Waals surface area contributed by atoms with Crippen molar-refractivity contribution in [1.82, 2.24) is 4.98 Å². The van der Waals surface area contributed by atoms with E-state index in [2.05, 4.69) is 4.98 Å². The molecule has 1 aromatic heterocycles. The summed E-state index contributed by atoms with van der Waals surface area (Å²) in [5, 5.41) is 19.1. The van der Waals surface area contributed by atoms with Crippen molar-refractivity contribution in [3.63, 3.8) is 0 Å². The lowest BCUT2D eigenvalue weighted by Crippen LogP contribution is -2.43. The minimum atomic E-state index is -1.97. The molecule has 0 fully saturated rings. The van der Waals surface area contributed by atoms with E-state index in [-0.39, 0.29) is 29.8 Å². The summed E-state index contributed by atoms with van der Waals surface area (Å²) >= 11 is 0. The van der Waals surface area contributed by atoms with Crippen molar-refractivity contribution in [1.29, 1.82) is 0 Å². The molecule has 96 valence electrons. The maximum absolute atomic E-state index is 11.7. The van der Waals surface area contributed by atoms with Crippen LogP contribution >= 0.6 is 0 Å². The molecule has 0 saturated carbocycles. The fourth-order valence-corrected chi connectivity index (χ4v) is 1.92. The van der Waals surface area contributed by atoms with Gasteiger partial charge in [0.15, 0.2) is 5.60 Å². The molecule has 1 aromatic rings. The Bertz CT molecular complexity index is 590. The van der Waals surface area contributed by atoms with E-state index >= 15 is 0 Å². The predicted molar refractivity (Wildman–Crippen MR) is 58.0 cm³/mol. The largest absolute Gasteiger partial charge is 0.477 e. The standard InChI is InChI=1S/C11H11NO6/c1-2-11(17)6-3-7(9(14)15)12-8(13)5(6)4-18-10(11)16/h3,17H,2,4H2,1H3,(H,12,13)(H,14,15)/t11-/m0/s1. The number of aliphatic hydroxyl groups is 1. The zero-order valence-electron chi connectivity index (χ0n) is 9.52. The Hall–Kier alpha value is -2.15. The Morgan fingerprint density at radius 1 is 1.56 bits per heavy atom. The summed E-state index contributed by atoms with van der Waals surface area (Å²) < 4.78 is 4.74. The molecule has 1 aliphatic heterocycles. The van der Waals surface area contributed by atoms with Gasteiger partial charge < -0.3 is 19.9 Å². The second-order valence-corrected chi connectivity index (χ2v) is 4.00. The normalized spacial score (nSPS) is 22.2. The molecule has 7 heteroatoms. The second-order valence-electron chi connectivity index (χ2n) is 4.00. The summed E-state index contributed by atoms with van der Waals surface area (Å²) in [6.45, 7) is 1.27. The number of carboxylic acid groups (broad SMARTS) is 1. The topological polar surface area (TPSA) is 117 Å². The molecule has 1 aliphatic rings. The van der Waals surface area contributed by atoms with Crippen LogP contribution in [0.3, 0.4) is 0 Å². The first-order valence-corrected chi connectivity index (χ1v) is 5.29. The van der Waals surface area contributed by atoms with Crippen molar-refractivity contribution >= 4 is 11.9 Å². The number of aromatic carboxylic acids is 1. The van der Waals surface area contributed by atoms with Gasteiger partial charge in [0, 0.05) is 5.56 Å². The second kappa shape index (κ2) is 3.95. The number of fused-ring (bicyclic) bond motifs is 1. The number of rotatable bonds is 2. The highest BCUT2D eigenvalue weighted by Crippen LogP contribution is 2.32. The molecular formula is C11H11NO6. The smallest absolute Gasteiger partial charge is 0.352 e. The van der Waals surface area contributed by atoms with Crippen LogP contribution in [-0.4, -0.2) is 27.1 Å². The molecule has 2 rings (SSSR count). The quantitative estimate of drug-likeness (QED) is 0.624. The van der Waals surface area contributed by atoms with Crippen LogP contribution in [0.15, 0.2) is 10.9 Å². The van der Waals surface area contributed by atoms with Gasteiger partial charge >= 0.3 is 11.9 Å². The summed E-state index contributed by atoms with van der Waals surface area (Å²) in [7, 11) is 0. The highest BCUT2D eigenvalue weighted by Gasteiger charge is 2.44. The Kier molecular flexibility index (Phi) is 2.70. The summed E-state index contributed by atoms with van der Waals surface area (Å²) in [6, 6.07) is 1.10. The molecule has 0 saturated heterocycles. The fourth-order valence-electron chi connectivity index (χ4n) is 1.92. The van der Waals surface area contributed by atoms with Gasteiger partial charge in [-0.1, -0.05) is 6.92 Å². The van der Waals surface area contributed by atoms with Gasteiger partial charge in [-0.2, -0.15) is 0 Å². The highest BCUT2D eigenvalue weighted by molar-refractivity contribution is 5.88. The van der Waals surface area contributed by atoms with Crippen LogP contribution in [0.5, 0.6) is 0 Å². The molecule has 2 heterocycles. The number of ether oxygens (including phenoxy) is 1. The lowest BCUT2D eigenvalue weighted by molar-refractivity contribution is -0.172. The fraction of sp³-hybridized carbons (Fsp3) is 0.364. The Morgan fingerprint density at radius 3 is 2.78 bits per heavy atom. The van der Waals surface area contributed by atoms with Gasteiger partial charge in [0.25, 0.3) is 5.56 Å². The highest BCUT2D eigenvalue weighted by atomic mass is 16.6. The van der Waals surface area contributed by atoms with Crippen molar-refractivity contribution in [3.8, 4) is 0 Å². The van der Waals surface area contributed by atoms with Crippen molar-refractivity contribution in [2.75, 3.05) is 0 Å². The van der Waals surface area contributed by atoms with E-state index in [0.717, 1.165) is 6.07 Å². The molecule has 3 N–H and O–H groups in total. The molecule has 0 aromatic carbocycles. The number of hydrogen-bond acceptors (Lipinski definition) is 5. The maximum Gasteiger partial charge on any atom is 0.352 e. The third-order valence-corrected chi connectivity index (χ3v) is 3.01. The van der Waals surface area contributed by atoms with Crippen LogP contribution in [0.2, 0.25) is 0 Å². The van der Waals surface area contributed by atoms with Crippen molar-refractivity contribution in [3.05, 3.63) is 33.2 Å². The van der Waals surface area contributed by atoms with Gasteiger partial charge in [0.05, 0.1) is 5.56 Å². The van der Waals surface area contributed by atoms with E-state index < -0.39 is 23.1 Å². The molecule has 0 spiro atoms. The third-order valence-electron chi connectivity index (χ3n) is 3.01. The number of H-pyrrole nitrogens is 1. The van der Waals surface area contributed by atoms with Gasteiger partial charge in [0.1, 0.15) is 12.3 Å². The molecule has 18 heavy (non-hydrogen) atoms. The molecule has 0 aliphatic carbocycles. The van der Waals surface area contributed by atoms with Crippen LogP contribution in [-0.2, 0) is 21.7 Å². The first-order chi connectivity index (χ1) is 8.40. The molecule has 1 atom stereocenters. The van der Waals surface area contributed by atoms with Gasteiger partial charge in [-0.15, -0.1) is 0 Å². The van der Waals surface area contributed by atoms with Crippen molar-refractivity contribution in [2.24, 2.45) is 0 Å². The van der Waals surface area contributed by atoms with Crippen LogP contribution in [0.1, 0.15) is 35.0 Å². The number of carboxylic acids is 1. The van der Waals surface area contributed by atoms with E-state index in [9.17, 15) is 19.5 Å². The maximum atomic E-state index is 11.7. The number of nitrogens with one attached hydrogen (secondary N) is 1. The molecule has 0 unspecified atom stereocenters. The van der Waals surface area contributed by atoms with Crippen molar-refractivity contribution in [2.45, 2.75) is 25.6 Å². The minimum Gasteiger partial charge on any atom is -0.477 e.